The highest BCUT2D eigenvalue weighted by molar-refractivity contribution is 9.10. The van der Waals surface area contributed by atoms with Gasteiger partial charge in [-0.05, 0) is 150 Å². The van der Waals surface area contributed by atoms with Crippen LogP contribution < -0.4 is 62.6 Å². The topological polar surface area (TPSA) is 486 Å². The van der Waals surface area contributed by atoms with Crippen LogP contribution in [0.3, 0.4) is 0 Å². The zero-order chi connectivity index (χ0) is 90.0. The fourth-order valence-corrected chi connectivity index (χ4v) is 20.8. The molecule has 8 atom stereocenters. The number of likely N-dealkylation sites (N-methyl/N-ethyl adjacent to an activating group) is 4. The number of nitrogens with two attached hydrogens (primary N) is 1. The summed E-state index contributed by atoms with van der Waals surface area (Å²) in [5.74, 6) is 3.53. The van der Waals surface area contributed by atoms with Crippen molar-refractivity contribution < 1.29 is 141 Å². The first-order valence-corrected chi connectivity index (χ1v) is 41.5. The minimum Gasteiger partial charge on any atom is -0.496 e. The van der Waals surface area contributed by atoms with Gasteiger partial charge in [0.25, 0.3) is 0 Å². The van der Waals surface area contributed by atoms with Gasteiger partial charge in [-0.15, -0.1) is 0 Å². The van der Waals surface area contributed by atoms with Crippen molar-refractivity contribution in [3.8, 4) is 69.0 Å². The number of ether oxygens (including phenoxy) is 16. The van der Waals surface area contributed by atoms with E-state index in [0.717, 1.165) is 76.5 Å². The average molecular weight is 1820 g/mol. The fourth-order valence-electron chi connectivity index (χ4n) is 20.0. The Hall–Kier alpha value is -11.7. The summed E-state index contributed by atoms with van der Waals surface area (Å²) in [5.41, 5.74) is 31.3. The lowest BCUT2D eigenvalue weighted by Gasteiger charge is -2.39. The lowest BCUT2D eigenvalue weighted by atomic mass is 9.82. The third kappa shape index (κ3) is 14.5. The number of methoxy groups -OCH3 is 4. The van der Waals surface area contributed by atoms with Crippen LogP contribution in [0.5, 0.6) is 69.0 Å². The minimum atomic E-state index is -0.725. The molecular formula is C89H95BrN8O29. The number of benzene rings is 8. The molecule has 0 amide bonds. The summed E-state index contributed by atoms with van der Waals surface area (Å²) in [7, 11) is 14.7. The molecule has 37 nitrogen and oxygen atoms in total. The van der Waals surface area contributed by atoms with Gasteiger partial charge < -0.3 is 127 Å². The SMILES string of the molecule is CO.COc1ccc2c(c1CO)C(=O)OC2C1c2c(c(Br)c3c(c2CO)OCO3)CCN1C.COc1ccc2c(c1CO)C(=O)OC2C1c2c(c(N)c3c(c2CO)OCO3)CCN1C.COc1ccc2c(c1CO)C(=O)OC2C1c2c(c(N=[N+]=[N-])c3c(c2CO)OCO3)CCN1C.COc1ccc2c(c1CO)C(=O)OC2C1c2c(cc3c(c2CO)OCO3)CCN1C. The molecule has 0 radical (unpaired) electrons. The number of nitrogens with zero attached hydrogens (tertiary/aromatic N) is 7. The fraction of sp³-hybridized carbons (Fsp3) is 0.416. The normalized spacial score (nSPS) is 21.2. The van der Waals surface area contributed by atoms with Crippen molar-refractivity contribution in [2.45, 2.75) is 127 Å². The number of rotatable bonds is 17. The van der Waals surface area contributed by atoms with Gasteiger partial charge in [0.1, 0.15) is 47.4 Å². The molecule has 672 valence electrons. The van der Waals surface area contributed by atoms with Crippen molar-refractivity contribution in [3.63, 3.8) is 0 Å². The first-order chi connectivity index (χ1) is 61.7. The maximum Gasteiger partial charge on any atom is 0.339 e. The van der Waals surface area contributed by atoms with Gasteiger partial charge >= 0.3 is 23.9 Å². The molecule has 0 spiro atoms. The maximum atomic E-state index is 12.9. The number of hydrogen-bond donors (Lipinski definition) is 10. The van der Waals surface area contributed by atoms with Gasteiger partial charge in [-0.3, -0.25) is 19.6 Å². The predicted molar refractivity (Wildman–Crippen MR) is 448 cm³/mol. The number of anilines is 1. The number of halogens is 1. The van der Waals surface area contributed by atoms with Crippen molar-refractivity contribution in [3.05, 3.63) is 203 Å². The Balaban J connectivity index is 0.000000124. The van der Waals surface area contributed by atoms with E-state index < -0.39 is 60.4 Å². The van der Waals surface area contributed by atoms with Gasteiger partial charge in [-0.25, -0.2) is 19.2 Å². The number of carbonyl (C=O) groups excluding carboxylic acids is 4. The first kappa shape index (κ1) is 88.7. The Morgan fingerprint density at radius 3 is 1.09 bits per heavy atom. The highest BCUT2D eigenvalue weighted by atomic mass is 79.9. The van der Waals surface area contributed by atoms with Crippen LogP contribution >= 0.6 is 15.9 Å². The Morgan fingerprint density at radius 2 is 0.701 bits per heavy atom. The van der Waals surface area contributed by atoms with Crippen molar-refractivity contribution >= 4 is 51.2 Å². The highest BCUT2D eigenvalue weighted by Crippen LogP contribution is 2.61. The Labute approximate surface area is 735 Å². The predicted octanol–water partition coefficient (Wildman–Crippen LogP) is 8.29. The third-order valence-electron chi connectivity index (χ3n) is 25.6. The number of cyclic esters (lactones) is 4. The Bertz CT molecular complexity index is 5640. The van der Waals surface area contributed by atoms with Crippen LogP contribution in [0.1, 0.15) is 201 Å². The molecule has 12 aliphatic rings. The average Bonchev–Trinajstić information content (AvgIpc) is 1.66. The Kier molecular flexibility index (Phi) is 25.6. The van der Waals surface area contributed by atoms with E-state index in [9.17, 15) is 65.6 Å². The first-order valence-electron chi connectivity index (χ1n) is 40.7. The second kappa shape index (κ2) is 36.6. The number of azide groups is 1. The molecule has 127 heavy (non-hydrogen) atoms. The van der Waals surface area contributed by atoms with Crippen LogP contribution in [0.2, 0.25) is 0 Å². The second-order valence-corrected chi connectivity index (χ2v) is 32.1. The number of carbonyl (C=O) groups is 4. The summed E-state index contributed by atoms with van der Waals surface area (Å²) in [6, 6.07) is 14.5. The quantitative estimate of drug-likeness (QED) is 0.0102. The van der Waals surface area contributed by atoms with E-state index in [0.29, 0.717) is 195 Å². The summed E-state index contributed by atoms with van der Waals surface area (Å²) < 4.78 is 90.4. The molecule has 12 heterocycles. The summed E-state index contributed by atoms with van der Waals surface area (Å²) in [4.78, 5) is 62.8. The molecule has 8 unspecified atom stereocenters. The molecule has 20 rings (SSSR count). The second-order valence-electron chi connectivity index (χ2n) is 31.3. The summed E-state index contributed by atoms with van der Waals surface area (Å²) >= 11 is 3.66. The monoisotopic (exact) mass is 1820 g/mol. The Morgan fingerprint density at radius 1 is 0.402 bits per heavy atom. The molecule has 8 aromatic carbocycles. The van der Waals surface area contributed by atoms with Crippen LogP contribution in [0, 0.1) is 0 Å². The van der Waals surface area contributed by atoms with E-state index in [1.165, 1.54) is 28.4 Å². The number of aliphatic hydroxyl groups is 9. The van der Waals surface area contributed by atoms with E-state index >= 15 is 0 Å². The molecule has 11 N–H and O–H groups in total. The van der Waals surface area contributed by atoms with Crippen molar-refractivity contribution in [2.24, 2.45) is 5.11 Å². The van der Waals surface area contributed by atoms with Gasteiger partial charge in [0, 0.05) is 105 Å². The van der Waals surface area contributed by atoms with E-state index in [1.54, 1.807) is 36.4 Å². The minimum absolute atomic E-state index is 0.0385. The molecular weight excluding hydrogens is 1720 g/mol. The number of esters is 4. The molecule has 12 aliphatic heterocycles. The molecule has 8 aromatic rings. The van der Waals surface area contributed by atoms with Crippen molar-refractivity contribution in [1.29, 1.82) is 0 Å². The highest BCUT2D eigenvalue weighted by Gasteiger charge is 2.52. The van der Waals surface area contributed by atoms with E-state index in [1.807, 2.05) is 51.3 Å². The van der Waals surface area contributed by atoms with Gasteiger partial charge in [0.2, 0.25) is 27.2 Å². The van der Waals surface area contributed by atoms with Crippen LogP contribution in [0.4, 0.5) is 11.4 Å². The van der Waals surface area contributed by atoms with Crippen molar-refractivity contribution in [1.82, 2.24) is 19.6 Å². The summed E-state index contributed by atoms with van der Waals surface area (Å²) in [6.07, 6.45) is 0.159. The molecule has 38 heteroatoms. The number of fused-ring (bicyclic) bond motifs is 12. The largest absolute Gasteiger partial charge is 0.496 e. The summed E-state index contributed by atoms with van der Waals surface area (Å²) in [5, 5.41) is 91.4. The smallest absolute Gasteiger partial charge is 0.339 e. The van der Waals surface area contributed by atoms with Gasteiger partial charge in [-0.2, -0.15) is 0 Å². The van der Waals surface area contributed by atoms with E-state index in [4.69, 9.17) is 86.6 Å². The van der Waals surface area contributed by atoms with Crippen LogP contribution in [-0.4, -0.2) is 207 Å². The van der Waals surface area contributed by atoms with Crippen LogP contribution in [0.25, 0.3) is 10.4 Å². The standard InChI is InChI=1S/C22H22BrNO7.C22H22N4O7.C22H24N2O7.C22H23NO7.CH4O/c1-24-6-5-10-15(13(8-26)20-21(17(10)23)30-9-29-20)18(24)19-11-3-4-14(28-2)12(7-25)16(11)22(27)31-19;1-26-6-5-10-15(13(8-28)20-21(32-9-31-20)17(10)24-25-23)18(26)19-11-3-4-14(30-2)12(7-27)16(11)22(29)33-19;1-24-6-5-10-15(13(8-26)20-21(17(10)23)30-9-29-20)18(24)19-11-3-4-14(28-2)12(7-25)16(11)22(27)31-19;1-23-6-5-11-7-16-20(29-10-28-16)14(9-25)17(11)19(23)21-12-3-4-15(27-2)13(8-24)18(12)22(26)30-21;1-2/h3-4,18-19,25-26H,5-9H2,1-2H3;3-4,18-19,27-28H,5-9H2,1-2H3;3-4,18-19,25-26H,5-9,23H2,1-2H3;3-4,7,19,21,24-25H,5-6,8-10H2,1-2H3;2H,1H3. The molecule has 0 bridgehead atoms. The molecule has 0 aliphatic carbocycles. The molecule has 0 saturated heterocycles. The zero-order valence-corrected chi connectivity index (χ0v) is 72.3. The van der Waals surface area contributed by atoms with Gasteiger partial charge in [0.05, 0.1) is 144 Å². The lowest BCUT2D eigenvalue weighted by molar-refractivity contribution is 0.00814. The third-order valence-corrected chi connectivity index (χ3v) is 26.5. The number of hydrogen-bond acceptors (Lipinski definition) is 35. The molecule has 0 aromatic heterocycles. The molecule has 0 saturated carbocycles. The van der Waals surface area contributed by atoms with Crippen LogP contribution in [-0.2, 0) is 97.5 Å². The van der Waals surface area contributed by atoms with E-state index in [-0.39, 0.29) is 97.7 Å². The summed E-state index contributed by atoms with van der Waals surface area (Å²) in [6.45, 7) is 0.498. The zero-order valence-electron chi connectivity index (χ0n) is 70.7. The lowest BCUT2D eigenvalue weighted by Crippen LogP contribution is -2.37. The molecule has 0 fully saturated rings. The maximum absolute atomic E-state index is 12.9. The van der Waals surface area contributed by atoms with Gasteiger partial charge in [-0.1, -0.05) is 29.4 Å². The van der Waals surface area contributed by atoms with Crippen LogP contribution in [0.15, 0.2) is 64.2 Å². The van der Waals surface area contributed by atoms with Crippen molar-refractivity contribution in [2.75, 3.05) is 123 Å². The van der Waals surface area contributed by atoms with Gasteiger partial charge in [0.15, 0.2) is 46.0 Å². The van der Waals surface area contributed by atoms with E-state index in [2.05, 4.69) is 40.7 Å². The number of aliphatic hydroxyl groups excluding tert-OH is 9. The number of nitrogen functional groups attached to an aromatic ring is 1.